The first-order valence-corrected chi connectivity index (χ1v) is 9.48. The number of aliphatic hydroxyl groups excluding tert-OH is 1. The molecule has 4 heterocycles. The third-order valence-electron chi connectivity index (χ3n) is 4.29. The lowest BCUT2D eigenvalue weighted by molar-refractivity contribution is -0.147. The van der Waals surface area contributed by atoms with Crippen LogP contribution in [0.2, 0.25) is 0 Å². The molecule has 9 nitrogen and oxygen atoms in total. The number of fused-ring (bicyclic) bond motifs is 2. The fourth-order valence-corrected chi connectivity index (χ4v) is 3.89. The Morgan fingerprint density at radius 2 is 2.00 bits per heavy atom. The Hall–Kier alpha value is -2.54. The molecule has 0 spiro atoms. The first-order chi connectivity index (χ1) is 13.4. The highest BCUT2D eigenvalue weighted by Gasteiger charge is 2.39. The Morgan fingerprint density at radius 1 is 1.18 bits per heavy atom. The van der Waals surface area contributed by atoms with Crippen molar-refractivity contribution in [2.24, 2.45) is 0 Å². The Balaban J connectivity index is 1.72. The summed E-state index contributed by atoms with van der Waals surface area (Å²) in [5.41, 5.74) is 0.611. The van der Waals surface area contributed by atoms with Crippen molar-refractivity contribution in [3.8, 4) is 0 Å². The highest BCUT2D eigenvalue weighted by molar-refractivity contribution is 7.18. The van der Waals surface area contributed by atoms with Crippen molar-refractivity contribution in [1.29, 1.82) is 0 Å². The number of thiazole rings is 1. The third kappa shape index (κ3) is 3.35. The van der Waals surface area contributed by atoms with Gasteiger partial charge in [-0.3, -0.25) is 0 Å². The van der Waals surface area contributed by atoms with E-state index in [9.17, 15) is 13.2 Å². The van der Waals surface area contributed by atoms with Crippen molar-refractivity contribution >= 4 is 33.5 Å². The van der Waals surface area contributed by atoms with Crippen LogP contribution in [0.25, 0.3) is 10.3 Å². The monoisotopic (exact) mass is 414 g/mol. The number of halogens is 3. The molecule has 0 fully saturated rings. The van der Waals surface area contributed by atoms with Gasteiger partial charge in [-0.1, -0.05) is 18.3 Å². The second kappa shape index (κ2) is 7.13. The third-order valence-corrected chi connectivity index (χ3v) is 5.38. The van der Waals surface area contributed by atoms with E-state index in [0.29, 0.717) is 28.7 Å². The number of alkyl halides is 3. The van der Waals surface area contributed by atoms with Gasteiger partial charge in [-0.05, 0) is 6.42 Å². The minimum atomic E-state index is -4.54. The van der Waals surface area contributed by atoms with Crippen LogP contribution < -0.4 is 10.2 Å². The maximum absolute atomic E-state index is 13.1. The van der Waals surface area contributed by atoms with Crippen LogP contribution in [0.1, 0.15) is 23.6 Å². The molecule has 0 radical (unpaired) electrons. The Morgan fingerprint density at radius 3 is 2.71 bits per heavy atom. The van der Waals surface area contributed by atoms with Gasteiger partial charge in [0.15, 0.2) is 16.5 Å². The van der Waals surface area contributed by atoms with E-state index in [1.165, 1.54) is 11.3 Å². The van der Waals surface area contributed by atoms with E-state index in [2.05, 4.69) is 30.5 Å². The fraction of sp³-hybridized carbons (Fsp3) is 0.533. The van der Waals surface area contributed by atoms with Crippen molar-refractivity contribution in [2.75, 3.05) is 29.9 Å². The number of hydrogen-bond donors (Lipinski definition) is 2. The minimum Gasteiger partial charge on any atom is -0.395 e. The largest absolute Gasteiger partial charge is 0.451 e. The predicted octanol–water partition coefficient (Wildman–Crippen LogP) is 1.68. The Bertz CT molecular complexity index is 1000. The fourth-order valence-electron chi connectivity index (χ4n) is 3.02. The van der Waals surface area contributed by atoms with Gasteiger partial charge in [0.2, 0.25) is 11.8 Å². The topological polar surface area (TPSA) is 105 Å². The van der Waals surface area contributed by atoms with Gasteiger partial charge in [0.05, 0.1) is 18.2 Å². The highest BCUT2D eigenvalue weighted by atomic mass is 32.1. The van der Waals surface area contributed by atoms with Crippen molar-refractivity contribution in [3.63, 3.8) is 0 Å². The summed E-state index contributed by atoms with van der Waals surface area (Å²) in [4.78, 5) is 16.0. The zero-order chi connectivity index (χ0) is 19.9. The second-order valence-corrected chi connectivity index (χ2v) is 7.21. The number of hydrogen-bond acceptors (Lipinski definition) is 9. The van der Waals surface area contributed by atoms with Crippen molar-refractivity contribution < 1.29 is 18.3 Å². The predicted molar refractivity (Wildman–Crippen MR) is 96.2 cm³/mol. The average Bonchev–Trinajstić information content (AvgIpc) is 3.28. The molecule has 0 unspecified atom stereocenters. The summed E-state index contributed by atoms with van der Waals surface area (Å²) in [6.07, 6.45) is -3.80. The van der Waals surface area contributed by atoms with Crippen LogP contribution in [0.4, 0.5) is 24.9 Å². The van der Waals surface area contributed by atoms with E-state index in [-0.39, 0.29) is 32.1 Å². The lowest BCUT2D eigenvalue weighted by Crippen LogP contribution is -2.36. The highest BCUT2D eigenvalue weighted by Crippen LogP contribution is 2.33. The molecule has 1 aliphatic heterocycles. The van der Waals surface area contributed by atoms with Crippen LogP contribution >= 0.6 is 11.3 Å². The summed E-state index contributed by atoms with van der Waals surface area (Å²) in [7, 11) is 0. The van der Waals surface area contributed by atoms with Crippen LogP contribution in [-0.2, 0) is 25.7 Å². The van der Waals surface area contributed by atoms with Crippen LogP contribution in [0.3, 0.4) is 0 Å². The molecule has 13 heteroatoms. The number of anilines is 2. The van der Waals surface area contributed by atoms with Gasteiger partial charge >= 0.3 is 6.18 Å². The molecule has 0 aromatic carbocycles. The molecule has 0 amide bonds. The van der Waals surface area contributed by atoms with Crippen LogP contribution in [0, 0.1) is 0 Å². The van der Waals surface area contributed by atoms with Gasteiger partial charge in [-0.25, -0.2) is 9.97 Å². The Kier molecular flexibility index (Phi) is 4.79. The maximum atomic E-state index is 13.1. The molecule has 1 aliphatic rings. The summed E-state index contributed by atoms with van der Waals surface area (Å²) in [6.45, 7) is 2.72. The molecule has 0 saturated heterocycles. The van der Waals surface area contributed by atoms with Gasteiger partial charge in [0, 0.05) is 19.6 Å². The SMILES string of the molecule is CCc1nc2c(N3CCn4c(nnc4C(F)(F)F)C3)nc(NCCO)nc2s1. The lowest BCUT2D eigenvalue weighted by atomic mass is 10.3. The van der Waals surface area contributed by atoms with E-state index in [0.717, 1.165) is 16.0 Å². The van der Waals surface area contributed by atoms with E-state index in [4.69, 9.17) is 5.11 Å². The quantitative estimate of drug-likeness (QED) is 0.650. The summed E-state index contributed by atoms with van der Waals surface area (Å²) >= 11 is 1.44. The lowest BCUT2D eigenvalue weighted by Gasteiger charge is -2.29. The molecule has 150 valence electrons. The molecular weight excluding hydrogens is 397 g/mol. The van der Waals surface area contributed by atoms with Crippen molar-refractivity contribution in [3.05, 3.63) is 16.7 Å². The Labute approximate surface area is 161 Å². The van der Waals surface area contributed by atoms with Gasteiger partial charge in [0.1, 0.15) is 5.52 Å². The van der Waals surface area contributed by atoms with E-state index in [1.807, 2.05) is 11.8 Å². The average molecular weight is 414 g/mol. The number of rotatable bonds is 5. The molecule has 3 aromatic rings. The standard InChI is InChI=1S/C15H17F3N8OS/c1-2-9-20-10-11(21-14(19-3-6-27)22-12(10)28-9)25-4-5-26-8(7-25)23-24-13(26)15(16,17)18/h27H,2-7H2,1H3,(H,19,21,22). The van der Waals surface area contributed by atoms with Gasteiger partial charge in [-0.2, -0.15) is 18.2 Å². The number of aliphatic hydroxyl groups is 1. The molecule has 0 bridgehead atoms. The van der Waals surface area contributed by atoms with Crippen LogP contribution in [0.15, 0.2) is 0 Å². The van der Waals surface area contributed by atoms with Gasteiger partial charge < -0.3 is 19.9 Å². The maximum Gasteiger partial charge on any atom is 0.451 e. The van der Waals surface area contributed by atoms with E-state index >= 15 is 0 Å². The molecule has 0 atom stereocenters. The number of aromatic nitrogens is 6. The number of nitrogens with one attached hydrogen (secondary N) is 1. The first-order valence-electron chi connectivity index (χ1n) is 8.67. The summed E-state index contributed by atoms with van der Waals surface area (Å²) < 4.78 is 40.3. The zero-order valence-corrected chi connectivity index (χ0v) is 15.7. The van der Waals surface area contributed by atoms with Gasteiger partial charge in [-0.15, -0.1) is 10.2 Å². The molecule has 28 heavy (non-hydrogen) atoms. The normalized spacial score (nSPS) is 14.5. The van der Waals surface area contributed by atoms with E-state index in [1.54, 1.807) is 0 Å². The molecular formula is C15H17F3N8OS. The first kappa shape index (κ1) is 18.8. The van der Waals surface area contributed by atoms with Crippen LogP contribution in [-0.4, -0.2) is 54.5 Å². The number of aryl methyl sites for hydroxylation is 1. The second-order valence-electron chi connectivity index (χ2n) is 6.15. The molecule has 0 saturated carbocycles. The van der Waals surface area contributed by atoms with E-state index < -0.39 is 12.0 Å². The smallest absolute Gasteiger partial charge is 0.395 e. The van der Waals surface area contributed by atoms with Gasteiger partial charge in [0.25, 0.3) is 0 Å². The summed E-state index contributed by atoms with van der Waals surface area (Å²) in [6, 6.07) is 0. The van der Waals surface area contributed by atoms with Crippen molar-refractivity contribution in [2.45, 2.75) is 32.6 Å². The molecule has 2 N–H and O–H groups in total. The number of nitrogens with zero attached hydrogens (tertiary/aromatic N) is 7. The summed E-state index contributed by atoms with van der Waals surface area (Å²) in [5, 5.41) is 19.9. The van der Waals surface area contributed by atoms with Crippen LogP contribution in [0.5, 0.6) is 0 Å². The molecule has 3 aromatic heterocycles. The summed E-state index contributed by atoms with van der Waals surface area (Å²) in [5.74, 6) is 0.110. The zero-order valence-electron chi connectivity index (χ0n) is 14.9. The minimum absolute atomic E-state index is 0.0767. The van der Waals surface area contributed by atoms with Crippen molar-refractivity contribution in [1.82, 2.24) is 29.7 Å². The molecule has 0 aliphatic carbocycles. The molecule has 4 rings (SSSR count).